The van der Waals surface area contributed by atoms with Crippen LogP contribution in [0.4, 0.5) is 38.9 Å². The Labute approximate surface area is 352 Å². The number of methoxy groups -OCH3 is 1. The molecule has 0 radical (unpaired) electrons. The van der Waals surface area contributed by atoms with Crippen molar-refractivity contribution in [2.24, 2.45) is 0 Å². The van der Waals surface area contributed by atoms with Crippen LogP contribution in [0.2, 0.25) is 0 Å². The van der Waals surface area contributed by atoms with Crippen molar-refractivity contribution in [1.29, 1.82) is 0 Å². The number of esters is 1. The quantitative estimate of drug-likeness (QED) is 0.0649. The highest BCUT2D eigenvalue weighted by Gasteiger charge is 2.29. The molecule has 0 saturated carbocycles. The molecule has 60 heavy (non-hydrogen) atoms. The molecular weight excluding hydrogens is 749 g/mol. The summed E-state index contributed by atoms with van der Waals surface area (Å²) in [6.45, 7) is 9.56. The molecule has 0 aliphatic carbocycles. The molecule has 8 heteroatoms. The van der Waals surface area contributed by atoms with Gasteiger partial charge in [0.05, 0.1) is 7.11 Å². The Hall–Kier alpha value is -7.32. The van der Waals surface area contributed by atoms with Gasteiger partial charge in [-0.25, -0.2) is 4.79 Å². The maximum atomic E-state index is 13.4. The summed E-state index contributed by atoms with van der Waals surface area (Å²) in [6, 6.07) is 55.7. The summed E-state index contributed by atoms with van der Waals surface area (Å²) in [4.78, 5) is 29.3. The second-order valence-electron chi connectivity index (χ2n) is 14.8. The van der Waals surface area contributed by atoms with Gasteiger partial charge in [0.1, 0.15) is 23.0 Å². The lowest BCUT2D eigenvalue weighted by Crippen LogP contribution is -2.23. The first-order valence-corrected chi connectivity index (χ1v) is 19.9. The lowest BCUT2D eigenvalue weighted by molar-refractivity contribution is -0.131. The number of hydrogen-bond acceptors (Lipinski definition) is 8. The van der Waals surface area contributed by atoms with Crippen LogP contribution < -0.4 is 28.7 Å². The molecule has 0 N–H and O–H groups in total. The second kappa shape index (κ2) is 18.1. The van der Waals surface area contributed by atoms with Crippen molar-refractivity contribution in [3.63, 3.8) is 0 Å². The second-order valence-corrected chi connectivity index (χ2v) is 14.8. The fourth-order valence-corrected chi connectivity index (χ4v) is 7.41. The van der Waals surface area contributed by atoms with Crippen molar-refractivity contribution in [3.05, 3.63) is 192 Å². The van der Waals surface area contributed by atoms with Crippen molar-refractivity contribution in [2.75, 3.05) is 16.9 Å². The van der Waals surface area contributed by atoms with Gasteiger partial charge in [-0.2, -0.15) is 0 Å². The van der Waals surface area contributed by atoms with E-state index in [0.29, 0.717) is 17.2 Å². The third-order valence-electron chi connectivity index (χ3n) is 10.7. The number of carbonyl (C=O) groups excluding carboxylic acids is 2. The Balaban J connectivity index is 1.15. The molecule has 0 aliphatic rings. The molecule has 0 spiro atoms. The minimum atomic E-state index is -0.844. The average molecular weight is 797 g/mol. The SMILES string of the molecule is CCC(C)(c1ccc(OC(C)=O)c(C)c1)c1ccc(OC(=O)Oc2cccc(N(c3ccccc3)c3cccc(N(c4ccccc4)c4cccc(OC)c4)c3)c2)c(C)c1. The van der Waals surface area contributed by atoms with E-state index in [1.807, 2.05) is 135 Å². The van der Waals surface area contributed by atoms with E-state index in [0.717, 1.165) is 68.5 Å². The summed E-state index contributed by atoms with van der Waals surface area (Å²) in [6.07, 6.45) is -0.0298. The number of anilines is 6. The normalized spacial score (nSPS) is 11.8. The van der Waals surface area contributed by atoms with Crippen LogP contribution in [0.25, 0.3) is 0 Å². The highest BCUT2D eigenvalue weighted by atomic mass is 16.7. The Morgan fingerprint density at radius 2 is 0.933 bits per heavy atom. The Morgan fingerprint density at radius 3 is 1.40 bits per heavy atom. The average Bonchev–Trinajstić information content (AvgIpc) is 3.26. The van der Waals surface area contributed by atoms with E-state index >= 15 is 0 Å². The predicted octanol–water partition coefficient (Wildman–Crippen LogP) is 13.5. The van der Waals surface area contributed by atoms with Gasteiger partial charge in [-0.3, -0.25) is 4.79 Å². The first-order chi connectivity index (χ1) is 29.1. The van der Waals surface area contributed by atoms with E-state index < -0.39 is 6.16 Å². The zero-order valence-corrected chi connectivity index (χ0v) is 34.7. The van der Waals surface area contributed by atoms with E-state index in [1.54, 1.807) is 13.2 Å². The summed E-state index contributed by atoms with van der Waals surface area (Å²) in [5, 5.41) is 0. The third-order valence-corrected chi connectivity index (χ3v) is 10.7. The number of aryl methyl sites for hydroxylation is 2. The highest BCUT2D eigenvalue weighted by Crippen LogP contribution is 2.42. The Kier molecular flexibility index (Phi) is 12.3. The monoisotopic (exact) mass is 796 g/mol. The van der Waals surface area contributed by atoms with Gasteiger partial charge in [0.2, 0.25) is 0 Å². The lowest BCUT2D eigenvalue weighted by Gasteiger charge is -2.31. The number of benzene rings is 7. The summed E-state index contributed by atoms with van der Waals surface area (Å²) >= 11 is 0. The van der Waals surface area contributed by atoms with Crippen LogP contribution >= 0.6 is 0 Å². The molecule has 1 atom stereocenters. The molecule has 0 amide bonds. The van der Waals surface area contributed by atoms with Gasteiger partial charge in [0.25, 0.3) is 0 Å². The third kappa shape index (κ3) is 9.03. The molecule has 7 aromatic rings. The smallest absolute Gasteiger partial charge is 0.497 e. The van der Waals surface area contributed by atoms with Crippen LogP contribution in [-0.4, -0.2) is 19.2 Å². The maximum absolute atomic E-state index is 13.4. The van der Waals surface area contributed by atoms with Crippen LogP contribution in [0.3, 0.4) is 0 Å². The van der Waals surface area contributed by atoms with Gasteiger partial charge < -0.3 is 28.7 Å². The van der Waals surface area contributed by atoms with Gasteiger partial charge in [0, 0.05) is 58.6 Å². The Morgan fingerprint density at radius 1 is 0.500 bits per heavy atom. The maximum Gasteiger partial charge on any atom is 0.519 e. The number of rotatable bonds is 13. The first-order valence-electron chi connectivity index (χ1n) is 19.9. The Bertz CT molecular complexity index is 2610. The molecule has 0 fully saturated rings. The van der Waals surface area contributed by atoms with E-state index in [9.17, 15) is 9.59 Å². The van der Waals surface area contributed by atoms with Crippen molar-refractivity contribution >= 4 is 46.2 Å². The van der Waals surface area contributed by atoms with Crippen molar-refractivity contribution in [2.45, 2.75) is 46.5 Å². The fraction of sp³-hybridized carbons (Fsp3) is 0.154. The van der Waals surface area contributed by atoms with E-state index in [4.69, 9.17) is 18.9 Å². The van der Waals surface area contributed by atoms with E-state index in [1.165, 1.54) is 6.92 Å². The lowest BCUT2D eigenvalue weighted by atomic mass is 9.73. The zero-order chi connectivity index (χ0) is 42.2. The number of carbonyl (C=O) groups is 2. The molecule has 7 aromatic carbocycles. The summed E-state index contributed by atoms with van der Waals surface area (Å²) in [7, 11) is 1.67. The number of para-hydroxylation sites is 2. The van der Waals surface area contributed by atoms with Gasteiger partial charge in [-0.1, -0.05) is 92.7 Å². The van der Waals surface area contributed by atoms with Gasteiger partial charge >= 0.3 is 12.1 Å². The molecule has 0 aliphatic heterocycles. The largest absolute Gasteiger partial charge is 0.519 e. The molecule has 0 saturated heterocycles. The molecule has 7 rings (SSSR count). The van der Waals surface area contributed by atoms with E-state index in [2.05, 4.69) is 66.1 Å². The molecule has 0 bridgehead atoms. The van der Waals surface area contributed by atoms with Gasteiger partial charge in [-0.05, 0) is 121 Å². The molecule has 1 unspecified atom stereocenters. The van der Waals surface area contributed by atoms with Crippen LogP contribution in [0.5, 0.6) is 23.0 Å². The predicted molar refractivity (Wildman–Crippen MR) is 239 cm³/mol. The molecular formula is C52H48N2O6. The number of hydrogen-bond donors (Lipinski definition) is 0. The molecule has 8 nitrogen and oxygen atoms in total. The summed E-state index contributed by atoms with van der Waals surface area (Å²) < 4.78 is 22.6. The molecule has 0 heterocycles. The minimum Gasteiger partial charge on any atom is -0.497 e. The first kappa shape index (κ1) is 40.9. The van der Waals surface area contributed by atoms with E-state index in [-0.39, 0.29) is 11.4 Å². The number of ether oxygens (including phenoxy) is 4. The number of nitrogens with zero attached hydrogens (tertiary/aromatic N) is 2. The fourth-order valence-electron chi connectivity index (χ4n) is 7.41. The topological polar surface area (TPSA) is 77.5 Å². The van der Waals surface area contributed by atoms with Gasteiger partial charge in [0.15, 0.2) is 0 Å². The van der Waals surface area contributed by atoms with Crippen LogP contribution in [-0.2, 0) is 10.2 Å². The minimum absolute atomic E-state index is 0.331. The molecule has 0 aromatic heterocycles. The van der Waals surface area contributed by atoms with Crippen LogP contribution in [0, 0.1) is 13.8 Å². The zero-order valence-electron chi connectivity index (χ0n) is 34.7. The standard InChI is InChI=1S/C52H48N2O6/c1-7-52(5,39-27-29-49(36(2)31-39)58-38(4)55)40-28-30-50(37(3)32-40)60-51(56)59-48-26-16-24-46(35-48)54(42-19-12-9-13-20-42)44-22-14-21-43(33-44)53(41-17-10-8-11-18-41)45-23-15-25-47(34-45)57-6/h8-35H,7H2,1-6H3. The van der Waals surface area contributed by atoms with Crippen molar-refractivity contribution in [1.82, 2.24) is 0 Å². The van der Waals surface area contributed by atoms with Crippen LogP contribution in [0.15, 0.2) is 170 Å². The van der Waals surface area contributed by atoms with Crippen molar-refractivity contribution < 1.29 is 28.5 Å². The summed E-state index contributed by atoms with van der Waals surface area (Å²) in [5.74, 6) is 1.69. The molecule has 302 valence electrons. The van der Waals surface area contributed by atoms with Gasteiger partial charge in [-0.15, -0.1) is 0 Å². The summed E-state index contributed by atoms with van der Waals surface area (Å²) in [5.41, 5.74) is 8.97. The van der Waals surface area contributed by atoms with Crippen LogP contribution in [0.1, 0.15) is 49.4 Å². The van der Waals surface area contributed by atoms with Crippen molar-refractivity contribution in [3.8, 4) is 23.0 Å². The highest BCUT2D eigenvalue weighted by molar-refractivity contribution is 5.83.